The number of hydrogen-bond donors (Lipinski definition) is 11. The Morgan fingerprint density at radius 2 is 1.85 bits per heavy atom. The molecule has 13 N–H and O–H groups in total. The molecule has 0 saturated carbocycles. The molecular weight excluding hydrogens is 464 g/mol. The van der Waals surface area contributed by atoms with Crippen molar-refractivity contribution in [1.29, 1.82) is 0 Å². The van der Waals surface area contributed by atoms with E-state index in [0.29, 0.717) is 6.42 Å². The summed E-state index contributed by atoms with van der Waals surface area (Å²) in [6.45, 7) is -1.68. The van der Waals surface area contributed by atoms with Crippen LogP contribution < -0.4 is 16.8 Å². The van der Waals surface area contributed by atoms with Gasteiger partial charge in [0.2, 0.25) is 5.79 Å². The number of carbonyl (C=O) groups is 1. The fourth-order valence-electron chi connectivity index (χ4n) is 3.62. The van der Waals surface area contributed by atoms with Gasteiger partial charge in [-0.3, -0.25) is 15.1 Å². The lowest BCUT2D eigenvalue weighted by molar-refractivity contribution is -0.367. The van der Waals surface area contributed by atoms with Gasteiger partial charge < -0.3 is 66.5 Å². The Morgan fingerprint density at radius 3 is 2.44 bits per heavy atom. The molecule has 0 unspecified atom stereocenters. The highest BCUT2D eigenvalue weighted by Crippen LogP contribution is 2.30. The SMILES string of the molecule is NC(N)=NCCC[C@H](NC[C@@]1(O)OC[C@@H](O)[C@@H](O[C@@H]2O[C@H](CO)[C@@H](O)[C@H](O)[C@H]2O)[C@@H]1O)C(=O)O. The van der Waals surface area contributed by atoms with Crippen LogP contribution in [-0.4, -0.2) is 140 Å². The normalized spacial score (nSPS) is 39.4. The second kappa shape index (κ2) is 12.3. The van der Waals surface area contributed by atoms with Crippen molar-refractivity contribution >= 4 is 11.9 Å². The van der Waals surface area contributed by atoms with E-state index >= 15 is 0 Å². The molecule has 0 spiro atoms. The molecule has 0 radical (unpaired) electrons. The van der Waals surface area contributed by atoms with E-state index in [-0.39, 0.29) is 18.9 Å². The van der Waals surface area contributed by atoms with Gasteiger partial charge in [0, 0.05) is 6.54 Å². The molecule has 2 saturated heterocycles. The van der Waals surface area contributed by atoms with Crippen LogP contribution in [-0.2, 0) is 19.0 Å². The Morgan fingerprint density at radius 1 is 1.18 bits per heavy atom. The van der Waals surface area contributed by atoms with Gasteiger partial charge in [0.1, 0.15) is 48.8 Å². The van der Waals surface area contributed by atoms with Crippen molar-refractivity contribution in [2.75, 3.05) is 26.3 Å². The fourth-order valence-corrected chi connectivity index (χ4v) is 3.62. The van der Waals surface area contributed by atoms with Crippen LogP contribution in [0.1, 0.15) is 12.8 Å². The lowest BCUT2D eigenvalue weighted by Gasteiger charge is -2.47. The standard InChI is InChI=1S/C18H34N4O12/c19-17(20)21-3-1-2-7(15(29)30)22-6-18(31)14(28)13(8(24)5-32-18)34-16-12(27)11(26)10(25)9(4-23)33-16/h7-14,16,22-28,31H,1-6H2,(H,29,30)(H4,19,20,21)/t7-,8+,9+,10+,11-,12+,13+,14-,16-,18+/m0/s1. The van der Waals surface area contributed by atoms with Gasteiger partial charge in [-0.15, -0.1) is 0 Å². The van der Waals surface area contributed by atoms with Crippen LogP contribution in [0.3, 0.4) is 0 Å². The molecule has 198 valence electrons. The molecule has 0 aliphatic carbocycles. The topological polar surface area (TPSA) is 283 Å². The van der Waals surface area contributed by atoms with Gasteiger partial charge in [-0.05, 0) is 12.8 Å². The molecular formula is C18H34N4O12. The number of ether oxygens (including phenoxy) is 3. The number of nitrogens with zero attached hydrogens (tertiary/aromatic N) is 1. The van der Waals surface area contributed by atoms with Gasteiger partial charge in [-0.2, -0.15) is 0 Å². The highest BCUT2D eigenvalue weighted by atomic mass is 16.7. The van der Waals surface area contributed by atoms with E-state index in [1.54, 1.807) is 0 Å². The molecule has 2 fully saturated rings. The summed E-state index contributed by atoms with van der Waals surface area (Å²) in [7, 11) is 0. The Balaban J connectivity index is 2.03. The molecule has 10 atom stereocenters. The Labute approximate surface area is 194 Å². The van der Waals surface area contributed by atoms with Gasteiger partial charge in [-0.1, -0.05) is 0 Å². The number of nitrogens with two attached hydrogens (primary N) is 2. The number of guanidine groups is 1. The van der Waals surface area contributed by atoms with E-state index in [2.05, 4.69) is 10.3 Å². The van der Waals surface area contributed by atoms with Crippen molar-refractivity contribution < 1.29 is 59.9 Å². The number of aliphatic carboxylic acids is 1. The second-order valence-electron chi connectivity index (χ2n) is 8.19. The van der Waals surface area contributed by atoms with Crippen LogP contribution in [0, 0.1) is 0 Å². The van der Waals surface area contributed by atoms with E-state index in [1.165, 1.54) is 0 Å². The van der Waals surface area contributed by atoms with Gasteiger partial charge in [0.25, 0.3) is 0 Å². The molecule has 2 aliphatic rings. The van der Waals surface area contributed by atoms with Crippen molar-refractivity contribution in [1.82, 2.24) is 5.32 Å². The maximum atomic E-state index is 11.5. The van der Waals surface area contributed by atoms with Gasteiger partial charge in [0.15, 0.2) is 12.2 Å². The fraction of sp³-hybridized carbons (Fsp3) is 0.889. The van der Waals surface area contributed by atoms with Crippen LogP contribution in [0.15, 0.2) is 4.99 Å². The van der Waals surface area contributed by atoms with E-state index in [9.17, 15) is 45.6 Å². The molecule has 34 heavy (non-hydrogen) atoms. The first-order valence-corrected chi connectivity index (χ1v) is 10.6. The van der Waals surface area contributed by atoms with Crippen LogP contribution in [0.2, 0.25) is 0 Å². The second-order valence-corrected chi connectivity index (χ2v) is 8.19. The van der Waals surface area contributed by atoms with E-state index in [0.717, 1.165) is 0 Å². The average molecular weight is 498 g/mol. The van der Waals surface area contributed by atoms with Gasteiger partial charge in [0.05, 0.1) is 19.8 Å². The van der Waals surface area contributed by atoms with Crippen LogP contribution in [0.4, 0.5) is 0 Å². The first-order valence-electron chi connectivity index (χ1n) is 10.6. The number of aliphatic hydroxyl groups is 7. The van der Waals surface area contributed by atoms with Crippen LogP contribution >= 0.6 is 0 Å². The summed E-state index contributed by atoms with van der Waals surface area (Å²) in [5.41, 5.74) is 10.4. The first-order chi connectivity index (χ1) is 15.9. The Hall–Kier alpha value is -1.70. The van der Waals surface area contributed by atoms with Gasteiger partial charge >= 0.3 is 5.97 Å². The lowest BCUT2D eigenvalue weighted by Crippen LogP contribution is -2.68. The van der Waals surface area contributed by atoms with Gasteiger partial charge in [-0.25, -0.2) is 0 Å². The van der Waals surface area contributed by atoms with Crippen molar-refractivity contribution in [2.24, 2.45) is 16.5 Å². The highest BCUT2D eigenvalue weighted by Gasteiger charge is 2.53. The molecule has 0 aromatic carbocycles. The van der Waals surface area contributed by atoms with Crippen molar-refractivity contribution in [3.8, 4) is 0 Å². The monoisotopic (exact) mass is 498 g/mol. The largest absolute Gasteiger partial charge is 0.480 e. The number of nitrogens with one attached hydrogen (secondary N) is 1. The van der Waals surface area contributed by atoms with Crippen molar-refractivity contribution in [3.63, 3.8) is 0 Å². The lowest BCUT2D eigenvalue weighted by atomic mass is 9.95. The zero-order valence-electron chi connectivity index (χ0n) is 18.3. The predicted octanol–water partition coefficient (Wildman–Crippen LogP) is -6.29. The minimum Gasteiger partial charge on any atom is -0.480 e. The number of hydrogen-bond acceptors (Lipinski definition) is 13. The zero-order valence-corrected chi connectivity index (χ0v) is 18.3. The third kappa shape index (κ3) is 6.92. The molecule has 16 heteroatoms. The molecule has 0 bridgehead atoms. The summed E-state index contributed by atoms with van der Waals surface area (Å²) in [6, 6.07) is -1.16. The quantitative estimate of drug-likeness (QED) is 0.0717. The molecule has 2 rings (SSSR count). The predicted molar refractivity (Wildman–Crippen MR) is 111 cm³/mol. The maximum Gasteiger partial charge on any atom is 0.320 e. The summed E-state index contributed by atoms with van der Waals surface area (Å²) in [4.78, 5) is 15.3. The third-order valence-electron chi connectivity index (χ3n) is 5.64. The summed E-state index contributed by atoms with van der Waals surface area (Å²) in [5.74, 6) is -3.80. The molecule has 2 heterocycles. The first kappa shape index (κ1) is 28.5. The van der Waals surface area contributed by atoms with Crippen LogP contribution in [0.25, 0.3) is 0 Å². The summed E-state index contributed by atoms with van der Waals surface area (Å²) in [5, 5.41) is 82.7. The van der Waals surface area contributed by atoms with Crippen LogP contribution in [0.5, 0.6) is 0 Å². The maximum absolute atomic E-state index is 11.5. The highest BCUT2D eigenvalue weighted by molar-refractivity contribution is 5.75. The molecule has 0 aromatic rings. The molecule has 16 nitrogen and oxygen atoms in total. The van der Waals surface area contributed by atoms with Crippen molar-refractivity contribution in [3.05, 3.63) is 0 Å². The number of rotatable bonds is 11. The summed E-state index contributed by atoms with van der Waals surface area (Å²) < 4.78 is 15.7. The molecule has 2 aliphatic heterocycles. The third-order valence-corrected chi connectivity index (χ3v) is 5.64. The average Bonchev–Trinajstić information content (AvgIpc) is 2.78. The van der Waals surface area contributed by atoms with E-state index in [1.807, 2.05) is 0 Å². The van der Waals surface area contributed by atoms with E-state index < -0.39 is 86.6 Å². The van der Waals surface area contributed by atoms with Crippen molar-refractivity contribution in [2.45, 2.75) is 73.7 Å². The van der Waals surface area contributed by atoms with E-state index in [4.69, 9.17) is 25.7 Å². The smallest absolute Gasteiger partial charge is 0.320 e. The Kier molecular flexibility index (Phi) is 10.3. The minimum atomic E-state index is -2.41. The number of aliphatic imine (C=N–C) groups is 1. The number of carboxylic acid groups (broad SMARTS) is 1. The summed E-state index contributed by atoms with van der Waals surface area (Å²) >= 11 is 0. The summed E-state index contributed by atoms with van der Waals surface area (Å²) in [6.07, 6.45) is -12.9. The minimum absolute atomic E-state index is 0.0751. The number of carboxylic acids is 1. The zero-order chi connectivity index (χ0) is 25.6. The molecule has 0 aromatic heterocycles. The molecule has 0 amide bonds. The Bertz CT molecular complexity index is 696. The number of aliphatic hydroxyl groups excluding tert-OH is 6.